The third-order valence-corrected chi connectivity index (χ3v) is 5.30. The molecule has 122 valence electrons. The third-order valence-electron chi connectivity index (χ3n) is 5.30. The van der Waals surface area contributed by atoms with Gasteiger partial charge in [0, 0.05) is 0 Å². The van der Waals surface area contributed by atoms with Crippen LogP contribution in [0.5, 0.6) is 0 Å². The first kappa shape index (κ1) is 15.1. The van der Waals surface area contributed by atoms with Gasteiger partial charge in [-0.2, -0.15) is 0 Å². The number of hydrogen-bond acceptors (Lipinski definition) is 3. The number of oxime groups is 1. The molecule has 0 radical (unpaired) electrons. The van der Waals surface area contributed by atoms with Crippen molar-refractivity contribution in [1.29, 1.82) is 0 Å². The molecule has 0 amide bonds. The summed E-state index contributed by atoms with van der Waals surface area (Å²) in [6.45, 7) is 1.87. The van der Waals surface area contributed by atoms with Crippen LogP contribution in [0.25, 0.3) is 10.8 Å². The van der Waals surface area contributed by atoms with Crippen LogP contribution in [0, 0.1) is 17.8 Å². The van der Waals surface area contributed by atoms with Crippen molar-refractivity contribution in [1.82, 2.24) is 0 Å². The number of carbonyl (C=O) groups is 1. The van der Waals surface area contributed by atoms with Crippen molar-refractivity contribution in [2.24, 2.45) is 22.9 Å². The van der Waals surface area contributed by atoms with Crippen LogP contribution in [0.2, 0.25) is 0 Å². The molecule has 3 unspecified atom stereocenters. The molecule has 0 N–H and O–H groups in total. The summed E-state index contributed by atoms with van der Waals surface area (Å²) in [5, 5.41) is 6.40. The highest BCUT2D eigenvalue weighted by Crippen LogP contribution is 2.44. The number of hydrogen-bond donors (Lipinski definition) is 0. The van der Waals surface area contributed by atoms with E-state index in [0.717, 1.165) is 23.1 Å². The number of allylic oxidation sites excluding steroid dienone is 2. The lowest BCUT2D eigenvalue weighted by Gasteiger charge is -2.15. The Morgan fingerprint density at radius 1 is 1.12 bits per heavy atom. The van der Waals surface area contributed by atoms with Gasteiger partial charge in [-0.25, -0.2) is 4.79 Å². The van der Waals surface area contributed by atoms with Gasteiger partial charge >= 0.3 is 5.97 Å². The fourth-order valence-electron chi connectivity index (χ4n) is 3.97. The van der Waals surface area contributed by atoms with E-state index < -0.39 is 0 Å². The molecule has 24 heavy (non-hydrogen) atoms. The molecule has 1 saturated carbocycles. The maximum atomic E-state index is 12.1. The van der Waals surface area contributed by atoms with Gasteiger partial charge in [0.15, 0.2) is 0 Å². The van der Waals surface area contributed by atoms with Crippen LogP contribution >= 0.6 is 0 Å². The molecule has 0 saturated heterocycles. The molecule has 2 aromatic carbocycles. The average Bonchev–Trinajstić information content (AvgIpc) is 3.22. The van der Waals surface area contributed by atoms with Crippen LogP contribution in [-0.4, -0.2) is 11.7 Å². The maximum Gasteiger partial charge on any atom is 0.335 e. The van der Waals surface area contributed by atoms with Crippen LogP contribution in [0.4, 0.5) is 0 Å². The fourth-order valence-corrected chi connectivity index (χ4v) is 3.97. The smallest absolute Gasteiger partial charge is 0.318 e. The molecule has 2 aromatic rings. The lowest BCUT2D eigenvalue weighted by atomic mass is 9.91. The van der Waals surface area contributed by atoms with E-state index >= 15 is 0 Å². The largest absolute Gasteiger partial charge is 0.335 e. The Morgan fingerprint density at radius 3 is 2.71 bits per heavy atom. The third kappa shape index (κ3) is 2.99. The molecule has 2 aliphatic rings. The molecule has 4 rings (SSSR count). The summed E-state index contributed by atoms with van der Waals surface area (Å²) in [4.78, 5) is 17.2. The van der Waals surface area contributed by atoms with E-state index in [2.05, 4.69) is 41.6 Å². The normalized spacial score (nSPS) is 25.4. The van der Waals surface area contributed by atoms with Gasteiger partial charge in [0.1, 0.15) is 0 Å². The number of nitrogens with zero attached hydrogens (tertiary/aromatic N) is 1. The second-order valence-corrected chi connectivity index (χ2v) is 6.95. The molecule has 3 heteroatoms. The van der Waals surface area contributed by atoms with Crippen molar-refractivity contribution in [2.75, 3.05) is 0 Å². The van der Waals surface area contributed by atoms with Crippen molar-refractivity contribution >= 4 is 22.5 Å². The molecule has 2 aliphatic carbocycles. The van der Waals surface area contributed by atoms with Gasteiger partial charge in [-0.1, -0.05) is 53.7 Å². The standard InChI is InChI=1S/C21H21NO2/c1-14(17-9-8-16-4-2-3-5-18(16)12-17)22-24-21(23)13-20-11-15-6-7-19(20)10-15/h2-9,12,15,19-20H,10-11,13H2,1H3/b22-14+. The molecule has 0 spiro atoms. The Hall–Kier alpha value is -2.42. The van der Waals surface area contributed by atoms with Crippen molar-refractivity contribution in [3.05, 3.63) is 60.2 Å². The van der Waals surface area contributed by atoms with Crippen molar-refractivity contribution in [2.45, 2.75) is 26.2 Å². The van der Waals surface area contributed by atoms with Crippen molar-refractivity contribution in [3.8, 4) is 0 Å². The molecule has 0 aromatic heterocycles. The zero-order chi connectivity index (χ0) is 16.5. The summed E-state index contributed by atoms with van der Waals surface area (Å²) in [6, 6.07) is 14.3. The second-order valence-electron chi connectivity index (χ2n) is 6.95. The molecular weight excluding hydrogens is 298 g/mol. The summed E-state index contributed by atoms with van der Waals surface area (Å²) in [7, 11) is 0. The topological polar surface area (TPSA) is 38.7 Å². The lowest BCUT2D eigenvalue weighted by molar-refractivity contribution is -0.145. The minimum absolute atomic E-state index is 0.221. The van der Waals surface area contributed by atoms with Gasteiger partial charge in [0.05, 0.1) is 12.1 Å². The summed E-state index contributed by atoms with van der Waals surface area (Å²) in [6.07, 6.45) is 7.34. The van der Waals surface area contributed by atoms with E-state index in [1.165, 1.54) is 11.8 Å². The Labute approximate surface area is 142 Å². The van der Waals surface area contributed by atoms with Gasteiger partial charge in [-0.05, 0) is 59.9 Å². The molecule has 0 heterocycles. The van der Waals surface area contributed by atoms with E-state index in [9.17, 15) is 4.79 Å². The van der Waals surface area contributed by atoms with Crippen molar-refractivity contribution in [3.63, 3.8) is 0 Å². The minimum Gasteiger partial charge on any atom is -0.318 e. The lowest BCUT2D eigenvalue weighted by Crippen LogP contribution is -2.14. The first-order valence-electron chi connectivity index (χ1n) is 8.61. The number of fused-ring (bicyclic) bond motifs is 3. The molecule has 2 bridgehead atoms. The number of benzene rings is 2. The maximum absolute atomic E-state index is 12.1. The highest BCUT2D eigenvalue weighted by atomic mass is 16.7. The van der Waals surface area contributed by atoms with Gasteiger partial charge in [0.25, 0.3) is 0 Å². The van der Waals surface area contributed by atoms with Crippen LogP contribution in [0.3, 0.4) is 0 Å². The van der Waals surface area contributed by atoms with Gasteiger partial charge < -0.3 is 4.84 Å². The fraction of sp³-hybridized carbons (Fsp3) is 0.333. The van der Waals surface area contributed by atoms with Crippen LogP contribution in [-0.2, 0) is 9.63 Å². The molecule has 1 fully saturated rings. The second kappa shape index (κ2) is 6.23. The summed E-state index contributed by atoms with van der Waals surface area (Å²) < 4.78 is 0. The Balaban J connectivity index is 1.40. The zero-order valence-corrected chi connectivity index (χ0v) is 13.8. The molecular formula is C21H21NO2. The molecule has 3 nitrogen and oxygen atoms in total. The van der Waals surface area contributed by atoms with E-state index in [-0.39, 0.29) is 5.97 Å². The Morgan fingerprint density at radius 2 is 1.96 bits per heavy atom. The van der Waals surface area contributed by atoms with Gasteiger partial charge in [-0.3, -0.25) is 0 Å². The van der Waals surface area contributed by atoms with Crippen molar-refractivity contribution < 1.29 is 9.63 Å². The van der Waals surface area contributed by atoms with Gasteiger partial charge in [-0.15, -0.1) is 0 Å². The predicted octanol–water partition coefficient (Wildman–Crippen LogP) is 4.71. The Kier molecular flexibility index (Phi) is 3.93. The first-order valence-corrected chi connectivity index (χ1v) is 8.61. The number of carbonyl (C=O) groups excluding carboxylic acids is 1. The molecule has 0 aliphatic heterocycles. The summed E-state index contributed by atoms with van der Waals surface area (Å²) in [5.74, 6) is 1.45. The van der Waals surface area contributed by atoms with E-state index in [1.54, 1.807) is 0 Å². The SMILES string of the molecule is C/C(=N\OC(=O)CC1CC2C=CC1C2)c1ccc2ccccc2c1. The van der Waals surface area contributed by atoms with E-state index in [4.69, 9.17) is 4.84 Å². The van der Waals surface area contributed by atoms with Crippen LogP contribution in [0.1, 0.15) is 31.7 Å². The number of rotatable bonds is 4. The Bertz CT molecular complexity index is 837. The minimum atomic E-state index is -0.221. The van der Waals surface area contributed by atoms with Crippen LogP contribution in [0.15, 0.2) is 59.8 Å². The monoisotopic (exact) mass is 319 g/mol. The summed E-state index contributed by atoms with van der Waals surface area (Å²) >= 11 is 0. The highest BCUT2D eigenvalue weighted by molar-refractivity contribution is 6.01. The highest BCUT2D eigenvalue weighted by Gasteiger charge is 2.36. The van der Waals surface area contributed by atoms with Crippen LogP contribution < -0.4 is 0 Å². The quantitative estimate of drug-likeness (QED) is 0.354. The zero-order valence-electron chi connectivity index (χ0n) is 13.8. The van der Waals surface area contributed by atoms with E-state index in [0.29, 0.717) is 24.2 Å². The summed E-state index contributed by atoms with van der Waals surface area (Å²) in [5.41, 5.74) is 1.70. The molecule has 3 atom stereocenters. The first-order chi connectivity index (χ1) is 11.7. The predicted molar refractivity (Wildman–Crippen MR) is 95.7 cm³/mol. The van der Waals surface area contributed by atoms with Gasteiger partial charge in [0.2, 0.25) is 0 Å². The van der Waals surface area contributed by atoms with E-state index in [1.807, 2.05) is 25.1 Å². The average molecular weight is 319 g/mol.